The predicted octanol–water partition coefficient (Wildman–Crippen LogP) is 19.5. The lowest BCUT2D eigenvalue weighted by Gasteiger charge is -2.25. The first-order valence-electron chi connectivity index (χ1n) is 43.1. The molecule has 0 fully saturated rings. The summed E-state index contributed by atoms with van der Waals surface area (Å²) >= 11 is 0. The third-order valence-corrected chi connectivity index (χ3v) is 21.9. The number of benzene rings is 5. The number of carbonyl (C=O) groups excluding carboxylic acids is 10. The van der Waals surface area contributed by atoms with Gasteiger partial charge in [-0.15, -0.1) is 0 Å². The summed E-state index contributed by atoms with van der Waals surface area (Å²) in [5, 5.41) is 23.1. The molecule has 0 aliphatic heterocycles. The number of amides is 10. The number of hydrogen-bond acceptors (Lipinski definition) is 10. The number of hydrogen-bond donors (Lipinski definition) is 10. The molecule has 42 heteroatoms. The zero-order valence-corrected chi connectivity index (χ0v) is 80.5. The van der Waals surface area contributed by atoms with Crippen LogP contribution in [0.15, 0.2) is 140 Å². The van der Waals surface area contributed by atoms with Gasteiger partial charge in [0.25, 0.3) is 65.0 Å². The van der Waals surface area contributed by atoms with E-state index >= 15 is 0 Å². The number of nitrogens with one attached hydrogen (secondary N) is 10. The van der Waals surface area contributed by atoms with Crippen molar-refractivity contribution in [3.05, 3.63) is 264 Å². The van der Waals surface area contributed by atoms with Gasteiger partial charge in [-0.2, -0.15) is 43.9 Å². The van der Waals surface area contributed by atoms with Gasteiger partial charge in [0.15, 0.2) is 0 Å². The van der Waals surface area contributed by atoms with Crippen LogP contribution in [0, 0.1) is 77.6 Å². The highest BCUT2D eigenvalue weighted by Gasteiger charge is 2.51. The van der Waals surface area contributed by atoms with Crippen LogP contribution in [-0.4, -0.2) is 118 Å². The smallest absolute Gasteiger partial charge is 0.348 e. The van der Waals surface area contributed by atoms with Crippen LogP contribution < -0.4 is 53.2 Å². The number of anilines is 5. The third-order valence-electron chi connectivity index (χ3n) is 21.9. The van der Waals surface area contributed by atoms with E-state index in [-0.39, 0.29) is 61.7 Å². The molecule has 4 atom stereocenters. The van der Waals surface area contributed by atoms with E-state index in [1.807, 2.05) is 0 Å². The number of nitrogens with zero attached hydrogens (tertiary/aromatic N) is 5. The van der Waals surface area contributed by atoms with Crippen molar-refractivity contribution in [2.45, 2.75) is 209 Å². The van der Waals surface area contributed by atoms with Crippen LogP contribution in [0.3, 0.4) is 0 Å². The van der Waals surface area contributed by atoms with Crippen molar-refractivity contribution in [1.82, 2.24) is 49.4 Å². The van der Waals surface area contributed by atoms with Gasteiger partial charge in [0.2, 0.25) is 0 Å². The highest BCUT2D eigenvalue weighted by Crippen LogP contribution is 2.40. The van der Waals surface area contributed by atoms with Gasteiger partial charge in [0.05, 0.1) is 45.2 Å². The van der Waals surface area contributed by atoms with E-state index in [1.54, 1.807) is 81.5 Å². The lowest BCUT2D eigenvalue weighted by Crippen LogP contribution is -2.49. The molecule has 10 N–H and O–H groups in total. The number of alkyl halides is 12. The van der Waals surface area contributed by atoms with Crippen LogP contribution in [0.5, 0.6) is 0 Å². The Morgan fingerprint density at radius 2 is 0.597 bits per heavy atom. The lowest BCUT2D eigenvalue weighted by molar-refractivity contribution is -0.151. The maximum absolute atomic E-state index is 15.0. The molecule has 0 spiro atoms. The topological polar surface area (TPSA) is 316 Å². The molecule has 139 heavy (non-hydrogen) atoms. The van der Waals surface area contributed by atoms with E-state index in [0.717, 1.165) is 54.2 Å². The van der Waals surface area contributed by atoms with Crippen LogP contribution in [0.1, 0.15) is 215 Å². The van der Waals surface area contributed by atoms with Crippen LogP contribution in [0.4, 0.5) is 103 Å². The minimum absolute atomic E-state index is 0.00962. The molecule has 10 aromatic rings. The molecule has 0 radical (unpaired) electrons. The minimum Gasteiger partial charge on any atom is -0.348 e. The number of carbonyl (C=O) groups is 10. The first-order valence-corrected chi connectivity index (χ1v) is 43.1. The molecular weight excluding hydrogens is 1860 g/mol. The Kier molecular flexibility index (Phi) is 37.6. The van der Waals surface area contributed by atoms with Crippen LogP contribution in [-0.2, 0) is 88.8 Å². The number of aromatic nitrogens is 5. The second-order valence-electron chi connectivity index (χ2n) is 34.5. The summed E-state index contributed by atoms with van der Waals surface area (Å²) in [6.07, 6.45) is 6.35. The van der Waals surface area contributed by atoms with E-state index in [2.05, 4.69) is 47.9 Å². The van der Waals surface area contributed by atoms with Gasteiger partial charge in [-0.05, 0) is 265 Å². The molecule has 0 saturated heterocycles. The van der Waals surface area contributed by atoms with Crippen molar-refractivity contribution in [2.24, 2.45) is 35.2 Å². The second-order valence-corrected chi connectivity index (χ2v) is 34.5. The maximum atomic E-state index is 15.0. The molecule has 754 valence electrons. The molecule has 10 rings (SSSR count). The molecule has 10 amide bonds. The van der Waals surface area contributed by atoms with Gasteiger partial charge in [0, 0.05) is 125 Å². The summed E-state index contributed by atoms with van der Waals surface area (Å²) in [5.41, 5.74) is -1.74. The van der Waals surface area contributed by atoms with E-state index in [1.165, 1.54) is 186 Å². The summed E-state index contributed by atoms with van der Waals surface area (Å²) in [6, 6.07) is 20.8. The highest BCUT2D eigenvalue weighted by molar-refractivity contribution is 6.09. The maximum Gasteiger partial charge on any atom is 0.364 e. The third kappa shape index (κ3) is 28.6. The fourth-order valence-corrected chi connectivity index (χ4v) is 13.2. The van der Waals surface area contributed by atoms with Crippen molar-refractivity contribution < 1.29 is 123 Å². The fraction of sp³-hybridized carbons (Fsp3) is 0.381. The van der Waals surface area contributed by atoms with E-state index < -0.39 is 182 Å². The van der Waals surface area contributed by atoms with Gasteiger partial charge in [0.1, 0.15) is 46.2 Å². The second kappa shape index (κ2) is 46.0. The standard InChI is InChI=1S/C21H26F3N3O2.C19H20F5N3O2.3C19H22F3N3O2/c1-11-10-14(8-9-15(11)22)25-18(28)16-12(2)17(27(7)13(16)3)21(23,24)19(29)26-20(4,5)6;1-10-7-13(5-6-14(10)20)26-16(28)12-8-15(27(4)9-12)19(23,24)17(29)25-11(2)18(3,21)22;1-5-12(3)23-18(27)19(21,22)16-9-13(10-25(16)4)17(26)24-14-6-7-15(20)11(2)8-14;2*1-5-12(3)23-18(27)19(21,22)16-14(8-9-25(16)4)17(26)24-13-6-7-15(20)11(2)10-13/h8-10H,1-7H3,(H,25,28)(H,26,29);5-9,11H,1-4H3,(H,25,29)(H,26,28);3*6-10,12H,5H2,1-4H3,(H,23,27)(H,24,26)/t;;3*12-/m..110/s1. The predicted molar refractivity (Wildman–Crippen MR) is 491 cm³/mol. The molecule has 0 saturated carbocycles. The Hall–Kier alpha value is -14.0. The summed E-state index contributed by atoms with van der Waals surface area (Å²) in [7, 11) is 6.57. The molecule has 0 bridgehead atoms. The van der Waals surface area contributed by atoms with Crippen LogP contribution in [0.25, 0.3) is 0 Å². The molecule has 0 aliphatic rings. The molecular formula is C97H112F17N15O10. The Morgan fingerprint density at radius 3 is 0.871 bits per heavy atom. The Labute approximate surface area is 791 Å². The molecule has 0 aliphatic carbocycles. The number of aryl methyl sites for hydroxylation is 9. The average Bonchev–Trinajstić information content (AvgIpc) is 1.60. The van der Waals surface area contributed by atoms with E-state index in [0.29, 0.717) is 59.8 Å². The number of halogens is 17. The van der Waals surface area contributed by atoms with E-state index in [4.69, 9.17) is 0 Å². The zero-order chi connectivity index (χ0) is 106. The van der Waals surface area contributed by atoms with Gasteiger partial charge >= 0.3 is 29.6 Å². The minimum atomic E-state index is -4.15. The Balaban J connectivity index is 0.000000266. The quantitative estimate of drug-likeness (QED) is 0.0207. The van der Waals surface area contributed by atoms with Gasteiger partial charge < -0.3 is 76.0 Å². The summed E-state index contributed by atoms with van der Waals surface area (Å²) < 4.78 is 245. The van der Waals surface area contributed by atoms with Crippen molar-refractivity contribution in [1.29, 1.82) is 0 Å². The average molecular weight is 1970 g/mol. The molecule has 5 aromatic carbocycles. The highest BCUT2D eigenvalue weighted by atomic mass is 19.3. The first-order chi connectivity index (χ1) is 64.1. The summed E-state index contributed by atoms with van der Waals surface area (Å²) in [5.74, 6) is -36.5. The summed E-state index contributed by atoms with van der Waals surface area (Å²) in [6.45, 7) is 26.9. The summed E-state index contributed by atoms with van der Waals surface area (Å²) in [4.78, 5) is 123. The van der Waals surface area contributed by atoms with Gasteiger partial charge in [-0.25, -0.2) is 30.7 Å². The molecule has 5 aromatic heterocycles. The normalized spacial score (nSPS) is 12.6. The van der Waals surface area contributed by atoms with Gasteiger partial charge in [-0.1, -0.05) is 20.8 Å². The van der Waals surface area contributed by atoms with Crippen LogP contribution >= 0.6 is 0 Å². The zero-order valence-electron chi connectivity index (χ0n) is 80.5. The lowest BCUT2D eigenvalue weighted by atomic mass is 10.0. The SMILES string of the molecule is CC[C@@H](C)NC(=O)C(F)(F)c1c(C(=O)Nc2ccc(F)c(C)c2)ccn1C.CC[C@@H](C)NC(=O)C(F)(F)c1cc(C(=O)Nc2ccc(F)c(C)c2)cn1C.CC[C@H](C)NC(=O)C(F)(F)c1c(C(=O)Nc2ccc(F)c(C)c2)ccn1C.Cc1cc(NC(=O)c2c(C)c(C(F)(F)C(=O)NC(C)(C)C)n(C)c2C)ccc1F.Cc1cc(NC(=O)c2cc(C(F)(F)C(=O)NC(C)C(C)(F)F)n(C)c2)ccc1F. The monoisotopic (exact) mass is 1970 g/mol. The van der Waals surface area contributed by atoms with Gasteiger partial charge in [-0.3, -0.25) is 47.9 Å². The number of rotatable bonds is 28. The van der Waals surface area contributed by atoms with Crippen molar-refractivity contribution in [3.63, 3.8) is 0 Å². The van der Waals surface area contributed by atoms with Crippen LogP contribution in [0.2, 0.25) is 0 Å². The first kappa shape index (κ1) is 114. The molecule has 25 nitrogen and oxygen atoms in total. The van der Waals surface area contributed by atoms with E-state index in [9.17, 15) is 123 Å². The molecule has 5 heterocycles. The van der Waals surface area contributed by atoms with Crippen molar-refractivity contribution in [2.75, 3.05) is 26.6 Å². The Bertz CT molecular complexity index is 6060. The molecule has 1 unspecified atom stereocenters. The largest absolute Gasteiger partial charge is 0.364 e. The van der Waals surface area contributed by atoms with Crippen molar-refractivity contribution >= 4 is 87.5 Å². The van der Waals surface area contributed by atoms with Crippen molar-refractivity contribution in [3.8, 4) is 0 Å². The fourth-order valence-electron chi connectivity index (χ4n) is 13.2. The Morgan fingerprint density at radius 1 is 0.331 bits per heavy atom.